The van der Waals surface area contributed by atoms with Gasteiger partial charge in [0.05, 0.1) is 12.6 Å². The van der Waals surface area contributed by atoms with E-state index in [-0.39, 0.29) is 6.04 Å². The lowest BCUT2D eigenvalue weighted by Gasteiger charge is -2.13. The van der Waals surface area contributed by atoms with Crippen LogP contribution in [-0.2, 0) is 0 Å². The lowest BCUT2D eigenvalue weighted by molar-refractivity contribution is 0.292. The number of anilines is 2. The number of aryl methyl sites for hydroxylation is 1. The van der Waals surface area contributed by atoms with Crippen molar-refractivity contribution in [2.75, 3.05) is 24.3 Å². The third kappa shape index (κ3) is 4.08. The molecule has 0 aliphatic heterocycles. The maximum Gasteiger partial charge on any atom is 0.323 e. The van der Waals surface area contributed by atoms with Crippen molar-refractivity contribution in [3.8, 4) is 6.01 Å². The van der Waals surface area contributed by atoms with Crippen molar-refractivity contribution in [1.29, 1.82) is 0 Å². The minimum atomic E-state index is -0.0511. The Hall–Kier alpha value is -2.31. The molecule has 7 nitrogen and oxygen atoms in total. The molecule has 0 saturated heterocycles. The van der Waals surface area contributed by atoms with Crippen LogP contribution in [-0.4, -0.2) is 28.6 Å². The number of aromatic nitrogens is 3. The zero-order chi connectivity index (χ0) is 15.2. The lowest BCUT2D eigenvalue weighted by atomic mass is 10.2. The summed E-state index contributed by atoms with van der Waals surface area (Å²) in [5.74, 6) is 2.61. The van der Waals surface area contributed by atoms with Crippen LogP contribution in [0.1, 0.15) is 37.8 Å². The second kappa shape index (κ2) is 6.92. The van der Waals surface area contributed by atoms with Gasteiger partial charge in [-0.05, 0) is 32.4 Å². The van der Waals surface area contributed by atoms with Gasteiger partial charge in [0.15, 0.2) is 0 Å². The summed E-state index contributed by atoms with van der Waals surface area (Å²) in [6.45, 7) is 6.49. The van der Waals surface area contributed by atoms with E-state index in [4.69, 9.17) is 9.15 Å². The Balaban J connectivity index is 2.14. The molecule has 0 radical (unpaired) electrons. The van der Waals surface area contributed by atoms with Crippen LogP contribution >= 0.6 is 0 Å². The number of rotatable bonds is 7. The van der Waals surface area contributed by atoms with E-state index in [1.54, 1.807) is 7.05 Å². The molecule has 2 rings (SSSR count). The van der Waals surface area contributed by atoms with E-state index >= 15 is 0 Å². The molecule has 1 unspecified atom stereocenters. The summed E-state index contributed by atoms with van der Waals surface area (Å²) >= 11 is 0. The minimum Gasteiger partial charge on any atom is -0.464 e. The molecular weight excluding hydrogens is 270 g/mol. The van der Waals surface area contributed by atoms with Gasteiger partial charge >= 0.3 is 6.01 Å². The van der Waals surface area contributed by atoms with Gasteiger partial charge in [0, 0.05) is 7.05 Å². The summed E-state index contributed by atoms with van der Waals surface area (Å²) in [6.07, 6.45) is 0.894. The average Bonchev–Trinajstić information content (AvgIpc) is 2.91. The molecule has 114 valence electrons. The molecule has 2 aromatic rings. The van der Waals surface area contributed by atoms with Gasteiger partial charge in [0.2, 0.25) is 11.9 Å². The molecule has 2 heterocycles. The largest absolute Gasteiger partial charge is 0.464 e. The molecule has 0 amide bonds. The van der Waals surface area contributed by atoms with Gasteiger partial charge in [0.1, 0.15) is 11.5 Å². The van der Waals surface area contributed by atoms with Gasteiger partial charge in [-0.3, -0.25) is 0 Å². The highest BCUT2D eigenvalue weighted by molar-refractivity contribution is 5.37. The van der Waals surface area contributed by atoms with Crippen molar-refractivity contribution >= 4 is 11.9 Å². The van der Waals surface area contributed by atoms with Gasteiger partial charge in [-0.2, -0.15) is 15.0 Å². The van der Waals surface area contributed by atoms with Crippen molar-refractivity contribution < 1.29 is 9.15 Å². The molecule has 2 aromatic heterocycles. The smallest absolute Gasteiger partial charge is 0.323 e. The SMILES string of the molecule is CCCOc1nc(NC)nc(NC(C)c2ccc(C)o2)n1. The number of hydrogen-bond acceptors (Lipinski definition) is 7. The second-order valence-electron chi connectivity index (χ2n) is 4.68. The van der Waals surface area contributed by atoms with E-state index in [1.165, 1.54) is 0 Å². The van der Waals surface area contributed by atoms with Crippen LogP contribution in [0.2, 0.25) is 0 Å². The maximum absolute atomic E-state index is 5.59. The van der Waals surface area contributed by atoms with Gasteiger partial charge < -0.3 is 19.8 Å². The van der Waals surface area contributed by atoms with E-state index in [1.807, 2.05) is 32.9 Å². The Labute approximate surface area is 124 Å². The molecule has 0 aromatic carbocycles. The first-order valence-corrected chi connectivity index (χ1v) is 7.02. The summed E-state index contributed by atoms with van der Waals surface area (Å²) in [5.41, 5.74) is 0. The Bertz CT molecular complexity index is 584. The number of ether oxygens (including phenoxy) is 1. The molecule has 0 bridgehead atoms. The van der Waals surface area contributed by atoms with Crippen LogP contribution in [0.25, 0.3) is 0 Å². The van der Waals surface area contributed by atoms with Gasteiger partial charge in [-0.1, -0.05) is 6.92 Å². The van der Waals surface area contributed by atoms with Crippen molar-refractivity contribution in [3.05, 3.63) is 23.7 Å². The molecule has 21 heavy (non-hydrogen) atoms. The molecule has 0 aliphatic rings. The average molecular weight is 291 g/mol. The second-order valence-corrected chi connectivity index (χ2v) is 4.68. The number of nitrogens with one attached hydrogen (secondary N) is 2. The Morgan fingerprint density at radius 2 is 2.00 bits per heavy atom. The highest BCUT2D eigenvalue weighted by Crippen LogP contribution is 2.20. The van der Waals surface area contributed by atoms with Crippen molar-refractivity contribution in [1.82, 2.24) is 15.0 Å². The van der Waals surface area contributed by atoms with Crippen LogP contribution < -0.4 is 15.4 Å². The van der Waals surface area contributed by atoms with E-state index in [9.17, 15) is 0 Å². The van der Waals surface area contributed by atoms with Crippen molar-refractivity contribution in [3.63, 3.8) is 0 Å². The van der Waals surface area contributed by atoms with Crippen LogP contribution in [0.4, 0.5) is 11.9 Å². The fourth-order valence-electron chi connectivity index (χ4n) is 1.74. The Morgan fingerprint density at radius 3 is 2.62 bits per heavy atom. The number of hydrogen-bond donors (Lipinski definition) is 2. The summed E-state index contributed by atoms with van der Waals surface area (Å²) in [5, 5.41) is 6.08. The predicted octanol–water partition coefficient (Wildman–Crippen LogP) is 2.78. The monoisotopic (exact) mass is 291 g/mol. The highest BCUT2D eigenvalue weighted by atomic mass is 16.5. The van der Waals surface area contributed by atoms with Crippen molar-refractivity contribution in [2.45, 2.75) is 33.2 Å². The van der Waals surface area contributed by atoms with E-state index in [0.29, 0.717) is 24.5 Å². The molecule has 0 spiro atoms. The highest BCUT2D eigenvalue weighted by Gasteiger charge is 2.13. The lowest BCUT2D eigenvalue weighted by Crippen LogP contribution is -2.12. The predicted molar refractivity (Wildman–Crippen MR) is 80.6 cm³/mol. The Kier molecular flexibility index (Phi) is 4.97. The van der Waals surface area contributed by atoms with E-state index in [2.05, 4.69) is 25.6 Å². The first kappa shape index (κ1) is 15.1. The normalized spacial score (nSPS) is 12.0. The summed E-state index contributed by atoms with van der Waals surface area (Å²) in [7, 11) is 1.75. The zero-order valence-corrected chi connectivity index (χ0v) is 12.8. The van der Waals surface area contributed by atoms with Crippen LogP contribution in [0.5, 0.6) is 6.01 Å². The van der Waals surface area contributed by atoms with Crippen molar-refractivity contribution in [2.24, 2.45) is 0 Å². The van der Waals surface area contributed by atoms with Gasteiger partial charge in [-0.25, -0.2) is 0 Å². The van der Waals surface area contributed by atoms with Crippen LogP contribution in [0.3, 0.4) is 0 Å². The summed E-state index contributed by atoms with van der Waals surface area (Å²) < 4.78 is 11.1. The third-order valence-corrected chi connectivity index (χ3v) is 2.81. The van der Waals surface area contributed by atoms with E-state index < -0.39 is 0 Å². The van der Waals surface area contributed by atoms with Gasteiger partial charge in [-0.15, -0.1) is 0 Å². The summed E-state index contributed by atoms with van der Waals surface area (Å²) in [6, 6.07) is 4.11. The Morgan fingerprint density at radius 1 is 1.24 bits per heavy atom. The van der Waals surface area contributed by atoms with E-state index in [0.717, 1.165) is 17.9 Å². The molecule has 0 fully saturated rings. The minimum absolute atomic E-state index is 0.0511. The molecule has 0 saturated carbocycles. The maximum atomic E-state index is 5.59. The first-order valence-electron chi connectivity index (χ1n) is 7.02. The quantitative estimate of drug-likeness (QED) is 0.811. The molecule has 0 aliphatic carbocycles. The standard InChI is InChI=1S/C14H21N5O2/c1-5-8-20-14-18-12(15-4)17-13(19-14)16-10(3)11-7-6-9(2)21-11/h6-7,10H,5,8H2,1-4H3,(H2,15,16,17,18,19). The first-order chi connectivity index (χ1) is 10.1. The van der Waals surface area contributed by atoms with Gasteiger partial charge in [0.25, 0.3) is 0 Å². The molecule has 7 heteroatoms. The number of nitrogens with zero attached hydrogens (tertiary/aromatic N) is 3. The molecule has 2 N–H and O–H groups in total. The topological polar surface area (TPSA) is 85.1 Å². The molecule has 1 atom stereocenters. The number of furan rings is 1. The fourth-order valence-corrected chi connectivity index (χ4v) is 1.74. The fraction of sp³-hybridized carbons (Fsp3) is 0.500. The zero-order valence-electron chi connectivity index (χ0n) is 12.8. The third-order valence-electron chi connectivity index (χ3n) is 2.81. The molecular formula is C14H21N5O2. The summed E-state index contributed by atoms with van der Waals surface area (Å²) in [4.78, 5) is 12.7. The van der Waals surface area contributed by atoms with Crippen LogP contribution in [0.15, 0.2) is 16.5 Å². The van der Waals surface area contributed by atoms with Crippen LogP contribution in [0, 0.1) is 6.92 Å².